The van der Waals surface area contributed by atoms with Crippen LogP contribution in [0.25, 0.3) is 0 Å². The summed E-state index contributed by atoms with van der Waals surface area (Å²) < 4.78 is 5.54. The first-order chi connectivity index (χ1) is 8.74. The van der Waals surface area contributed by atoms with E-state index in [0.29, 0.717) is 11.8 Å². The molecule has 1 N–H and O–H groups in total. The van der Waals surface area contributed by atoms with Crippen LogP contribution in [0.5, 0.6) is 5.88 Å². The zero-order chi connectivity index (χ0) is 12.8. The van der Waals surface area contributed by atoms with Gasteiger partial charge in [-0.1, -0.05) is 25.7 Å². The van der Waals surface area contributed by atoms with Crippen LogP contribution < -0.4 is 10.1 Å². The molecule has 0 spiro atoms. The maximum atomic E-state index is 5.54. The Morgan fingerprint density at radius 2 is 2.17 bits per heavy atom. The average molecular weight is 249 g/mol. The van der Waals surface area contributed by atoms with E-state index in [1.807, 2.05) is 13.8 Å². The molecule has 100 valence electrons. The van der Waals surface area contributed by atoms with E-state index in [4.69, 9.17) is 4.74 Å². The number of nitrogens with zero attached hydrogens (tertiary/aromatic N) is 2. The van der Waals surface area contributed by atoms with E-state index < -0.39 is 0 Å². The lowest BCUT2D eigenvalue weighted by molar-refractivity contribution is 0.232. The second-order valence-corrected chi connectivity index (χ2v) is 5.25. The topological polar surface area (TPSA) is 47.0 Å². The molecule has 2 rings (SSSR count). The molecule has 0 atom stereocenters. The highest BCUT2D eigenvalue weighted by atomic mass is 16.5. The van der Waals surface area contributed by atoms with Gasteiger partial charge in [0.25, 0.3) is 0 Å². The van der Waals surface area contributed by atoms with E-state index in [1.54, 1.807) is 12.3 Å². The smallest absolute Gasteiger partial charge is 0.225 e. The van der Waals surface area contributed by atoms with Crippen molar-refractivity contribution in [3.8, 4) is 5.88 Å². The second-order valence-electron chi connectivity index (χ2n) is 5.25. The van der Waals surface area contributed by atoms with Gasteiger partial charge in [-0.05, 0) is 26.2 Å². The Balaban J connectivity index is 1.77. The van der Waals surface area contributed by atoms with Crippen molar-refractivity contribution in [2.75, 3.05) is 11.9 Å². The lowest BCUT2D eigenvalue weighted by atomic mass is 10.0. The van der Waals surface area contributed by atoms with Crippen LogP contribution in [0.15, 0.2) is 12.3 Å². The van der Waals surface area contributed by atoms with Crippen LogP contribution in [0, 0.1) is 5.92 Å². The summed E-state index contributed by atoms with van der Waals surface area (Å²) in [6.07, 6.45) is 8.68. The molecule has 0 amide bonds. The zero-order valence-electron chi connectivity index (χ0n) is 11.4. The number of anilines is 1. The summed E-state index contributed by atoms with van der Waals surface area (Å²) in [6.45, 7) is 4.94. The van der Waals surface area contributed by atoms with Crippen LogP contribution in [-0.2, 0) is 0 Å². The SMILES string of the molecule is CC(C)Oc1ccnc(NCCC2CCCC2)n1. The summed E-state index contributed by atoms with van der Waals surface area (Å²) in [6, 6.07) is 1.79. The average Bonchev–Trinajstić information content (AvgIpc) is 2.82. The van der Waals surface area contributed by atoms with Gasteiger partial charge >= 0.3 is 0 Å². The van der Waals surface area contributed by atoms with Gasteiger partial charge in [0.2, 0.25) is 11.8 Å². The largest absolute Gasteiger partial charge is 0.475 e. The molecule has 1 heterocycles. The van der Waals surface area contributed by atoms with E-state index in [9.17, 15) is 0 Å². The molecule has 0 bridgehead atoms. The quantitative estimate of drug-likeness (QED) is 0.840. The fourth-order valence-electron chi connectivity index (χ4n) is 2.42. The minimum absolute atomic E-state index is 0.145. The van der Waals surface area contributed by atoms with Crippen LogP contribution in [-0.4, -0.2) is 22.6 Å². The monoisotopic (exact) mass is 249 g/mol. The summed E-state index contributed by atoms with van der Waals surface area (Å²) in [4.78, 5) is 8.54. The highest BCUT2D eigenvalue weighted by molar-refractivity contribution is 5.27. The van der Waals surface area contributed by atoms with Crippen molar-refractivity contribution in [3.63, 3.8) is 0 Å². The summed E-state index contributed by atoms with van der Waals surface area (Å²) >= 11 is 0. The molecule has 4 nitrogen and oxygen atoms in total. The third kappa shape index (κ3) is 4.17. The predicted octanol–water partition coefficient (Wildman–Crippen LogP) is 3.26. The number of aromatic nitrogens is 2. The number of ether oxygens (including phenoxy) is 1. The van der Waals surface area contributed by atoms with Gasteiger partial charge in [0.1, 0.15) is 0 Å². The van der Waals surface area contributed by atoms with E-state index in [1.165, 1.54) is 32.1 Å². The van der Waals surface area contributed by atoms with E-state index in [2.05, 4.69) is 15.3 Å². The molecule has 1 aromatic heterocycles. The van der Waals surface area contributed by atoms with Gasteiger partial charge in [-0.15, -0.1) is 0 Å². The van der Waals surface area contributed by atoms with Gasteiger partial charge in [0.05, 0.1) is 6.10 Å². The molecule has 0 aromatic carbocycles. The van der Waals surface area contributed by atoms with Crippen LogP contribution >= 0.6 is 0 Å². The molecule has 1 aromatic rings. The number of nitrogens with one attached hydrogen (secondary N) is 1. The first-order valence-electron chi connectivity index (χ1n) is 6.97. The maximum Gasteiger partial charge on any atom is 0.225 e. The van der Waals surface area contributed by atoms with Crippen LogP contribution in [0.2, 0.25) is 0 Å². The summed E-state index contributed by atoms with van der Waals surface area (Å²) in [7, 11) is 0. The van der Waals surface area contributed by atoms with Crippen molar-refractivity contribution < 1.29 is 4.74 Å². The summed E-state index contributed by atoms with van der Waals surface area (Å²) in [5.41, 5.74) is 0. The molecule has 0 radical (unpaired) electrons. The molecule has 1 fully saturated rings. The van der Waals surface area contributed by atoms with E-state index in [0.717, 1.165) is 12.5 Å². The predicted molar refractivity (Wildman–Crippen MR) is 72.9 cm³/mol. The second kappa shape index (κ2) is 6.57. The van der Waals surface area contributed by atoms with Crippen LogP contribution in [0.3, 0.4) is 0 Å². The van der Waals surface area contributed by atoms with Crippen LogP contribution in [0.1, 0.15) is 46.0 Å². The minimum Gasteiger partial charge on any atom is -0.475 e. The van der Waals surface area contributed by atoms with Gasteiger partial charge in [0, 0.05) is 18.8 Å². The molecule has 1 aliphatic carbocycles. The molecular weight excluding hydrogens is 226 g/mol. The lowest BCUT2D eigenvalue weighted by Gasteiger charge is -2.11. The van der Waals surface area contributed by atoms with Gasteiger partial charge in [-0.25, -0.2) is 4.98 Å². The molecule has 1 aliphatic rings. The Kier molecular flexibility index (Phi) is 4.79. The molecule has 18 heavy (non-hydrogen) atoms. The molecule has 0 saturated heterocycles. The van der Waals surface area contributed by atoms with Crippen LogP contribution in [0.4, 0.5) is 5.95 Å². The number of hydrogen-bond donors (Lipinski definition) is 1. The molecule has 4 heteroatoms. The maximum absolute atomic E-state index is 5.54. The minimum atomic E-state index is 0.145. The van der Waals surface area contributed by atoms with Crippen molar-refractivity contribution >= 4 is 5.95 Å². The Labute approximate surface area is 109 Å². The summed E-state index contributed by atoms with van der Waals surface area (Å²) in [5, 5.41) is 3.28. The molecule has 0 unspecified atom stereocenters. The first-order valence-corrected chi connectivity index (χ1v) is 6.97. The first kappa shape index (κ1) is 13.1. The Bertz CT molecular complexity index is 362. The van der Waals surface area contributed by atoms with Gasteiger partial charge < -0.3 is 10.1 Å². The highest BCUT2D eigenvalue weighted by Gasteiger charge is 2.14. The highest BCUT2D eigenvalue weighted by Crippen LogP contribution is 2.27. The summed E-state index contributed by atoms with van der Waals surface area (Å²) in [5.74, 6) is 2.21. The van der Waals surface area contributed by atoms with Crippen molar-refractivity contribution in [3.05, 3.63) is 12.3 Å². The standard InChI is InChI=1S/C14H23N3O/c1-11(2)18-13-8-10-16-14(17-13)15-9-7-12-5-3-4-6-12/h8,10-12H,3-7,9H2,1-2H3,(H,15,16,17). The Morgan fingerprint density at radius 3 is 2.89 bits per heavy atom. The van der Waals surface area contributed by atoms with E-state index >= 15 is 0 Å². The molecule has 0 aliphatic heterocycles. The van der Waals surface area contributed by atoms with Gasteiger partial charge in [0.15, 0.2) is 0 Å². The molecule has 1 saturated carbocycles. The van der Waals surface area contributed by atoms with E-state index in [-0.39, 0.29) is 6.10 Å². The van der Waals surface area contributed by atoms with Gasteiger partial charge in [-0.2, -0.15) is 4.98 Å². The third-order valence-electron chi connectivity index (χ3n) is 3.30. The number of rotatable bonds is 6. The van der Waals surface area contributed by atoms with Gasteiger partial charge in [-0.3, -0.25) is 0 Å². The zero-order valence-corrected chi connectivity index (χ0v) is 11.4. The molecular formula is C14H23N3O. The van der Waals surface area contributed by atoms with Crippen molar-refractivity contribution in [2.24, 2.45) is 5.92 Å². The van der Waals surface area contributed by atoms with Crippen molar-refractivity contribution in [2.45, 2.75) is 52.1 Å². The normalized spacial score (nSPS) is 16.2. The number of hydrogen-bond acceptors (Lipinski definition) is 4. The van der Waals surface area contributed by atoms with Crippen molar-refractivity contribution in [1.82, 2.24) is 9.97 Å². The fraction of sp³-hybridized carbons (Fsp3) is 0.714. The Morgan fingerprint density at radius 1 is 1.39 bits per heavy atom. The third-order valence-corrected chi connectivity index (χ3v) is 3.30. The Hall–Kier alpha value is -1.32. The lowest BCUT2D eigenvalue weighted by Crippen LogP contribution is -2.11. The fourth-order valence-corrected chi connectivity index (χ4v) is 2.42. The van der Waals surface area contributed by atoms with Crippen molar-refractivity contribution in [1.29, 1.82) is 0 Å².